The molecule has 0 radical (unpaired) electrons. The summed E-state index contributed by atoms with van der Waals surface area (Å²) in [5.41, 5.74) is -0.0506. The van der Waals surface area contributed by atoms with Crippen LogP contribution in [0.5, 0.6) is 0 Å². The van der Waals surface area contributed by atoms with E-state index >= 15 is 0 Å². The van der Waals surface area contributed by atoms with Gasteiger partial charge >= 0.3 is 5.69 Å². The lowest BCUT2D eigenvalue weighted by Gasteiger charge is -2.03. The van der Waals surface area contributed by atoms with Gasteiger partial charge in [-0.1, -0.05) is 19.8 Å². The predicted molar refractivity (Wildman–Crippen MR) is 59.9 cm³/mol. The second-order valence-electron chi connectivity index (χ2n) is 3.70. The fraction of sp³-hybridized carbons (Fsp3) is 0.800. The Balaban J connectivity index is 2.15. The Morgan fingerprint density at radius 3 is 2.80 bits per heavy atom. The second-order valence-corrected chi connectivity index (χ2v) is 3.70. The summed E-state index contributed by atoms with van der Waals surface area (Å²) < 4.78 is 2.96. The van der Waals surface area contributed by atoms with Gasteiger partial charge in [0.05, 0.1) is 6.54 Å². The Morgan fingerprint density at radius 2 is 2.20 bits per heavy atom. The highest BCUT2D eigenvalue weighted by atomic mass is 16.2. The van der Waals surface area contributed by atoms with Crippen LogP contribution in [0.3, 0.4) is 0 Å². The molecule has 1 rings (SSSR count). The molecule has 0 saturated heterocycles. The maximum atomic E-state index is 11.4. The Labute approximate surface area is 90.1 Å². The smallest absolute Gasteiger partial charge is 0.315 e. The number of aryl methyl sites for hydroxylation is 1. The molecule has 0 aromatic carbocycles. The summed E-state index contributed by atoms with van der Waals surface area (Å²) in [6.45, 7) is 4.66. The normalized spacial score (nSPS) is 10.8. The van der Waals surface area contributed by atoms with E-state index < -0.39 is 0 Å². The monoisotopic (exact) mass is 212 g/mol. The number of unbranched alkanes of at least 4 members (excludes halogenated alkanes) is 2. The van der Waals surface area contributed by atoms with Gasteiger partial charge in [0, 0.05) is 13.6 Å². The molecule has 86 valence electrons. The third-order valence-electron chi connectivity index (χ3n) is 2.34. The van der Waals surface area contributed by atoms with Crippen molar-refractivity contribution in [2.45, 2.75) is 32.7 Å². The van der Waals surface area contributed by atoms with Crippen LogP contribution in [-0.4, -0.2) is 27.4 Å². The first-order chi connectivity index (χ1) is 7.25. The number of rotatable bonds is 7. The summed E-state index contributed by atoms with van der Waals surface area (Å²) in [6, 6.07) is 0. The van der Waals surface area contributed by atoms with Gasteiger partial charge in [-0.15, -0.1) is 0 Å². The molecule has 0 unspecified atom stereocenters. The van der Waals surface area contributed by atoms with E-state index in [9.17, 15) is 4.79 Å². The molecule has 0 atom stereocenters. The molecule has 15 heavy (non-hydrogen) atoms. The average molecular weight is 212 g/mol. The summed E-state index contributed by atoms with van der Waals surface area (Å²) >= 11 is 0. The van der Waals surface area contributed by atoms with Crippen LogP contribution in [0.25, 0.3) is 0 Å². The highest BCUT2D eigenvalue weighted by molar-refractivity contribution is 4.65. The Bertz CT molecular complexity index is 328. The number of nitrogens with zero attached hydrogens (tertiary/aromatic N) is 3. The molecule has 0 aliphatic rings. The second kappa shape index (κ2) is 6.40. The van der Waals surface area contributed by atoms with Gasteiger partial charge in [0.15, 0.2) is 0 Å². The SMILES string of the molecule is CCCCCNCCn1ncn(C)c1=O. The molecule has 0 saturated carbocycles. The van der Waals surface area contributed by atoms with Crippen LogP contribution < -0.4 is 11.0 Å². The molecule has 1 heterocycles. The number of aromatic nitrogens is 3. The van der Waals surface area contributed by atoms with E-state index in [0.717, 1.165) is 13.1 Å². The molecular formula is C10H20N4O. The van der Waals surface area contributed by atoms with Gasteiger partial charge in [0.1, 0.15) is 6.33 Å². The Hall–Kier alpha value is -1.10. The van der Waals surface area contributed by atoms with Crippen molar-refractivity contribution >= 4 is 0 Å². The Morgan fingerprint density at radius 1 is 1.40 bits per heavy atom. The van der Waals surface area contributed by atoms with Crippen LogP contribution in [0.1, 0.15) is 26.2 Å². The highest BCUT2D eigenvalue weighted by Crippen LogP contribution is 1.90. The standard InChI is InChI=1S/C10H20N4O/c1-3-4-5-6-11-7-8-14-10(15)13(2)9-12-14/h9,11H,3-8H2,1-2H3. The maximum Gasteiger partial charge on any atom is 0.345 e. The average Bonchev–Trinajstić information content (AvgIpc) is 2.54. The van der Waals surface area contributed by atoms with Crippen molar-refractivity contribution < 1.29 is 0 Å². The summed E-state index contributed by atoms with van der Waals surface area (Å²) in [6.07, 6.45) is 5.24. The van der Waals surface area contributed by atoms with Crippen molar-refractivity contribution in [2.24, 2.45) is 7.05 Å². The number of hydrogen-bond donors (Lipinski definition) is 1. The molecule has 1 N–H and O–H groups in total. The third kappa shape index (κ3) is 3.87. The molecule has 5 heteroatoms. The van der Waals surface area contributed by atoms with E-state index in [0.29, 0.717) is 6.54 Å². The van der Waals surface area contributed by atoms with Crippen LogP contribution in [0.4, 0.5) is 0 Å². The van der Waals surface area contributed by atoms with Crippen LogP contribution in [0, 0.1) is 0 Å². The summed E-state index contributed by atoms with van der Waals surface area (Å²) in [7, 11) is 1.71. The first kappa shape index (κ1) is 12.0. The maximum absolute atomic E-state index is 11.4. The summed E-state index contributed by atoms with van der Waals surface area (Å²) in [5.74, 6) is 0. The first-order valence-electron chi connectivity index (χ1n) is 5.55. The minimum Gasteiger partial charge on any atom is -0.315 e. The van der Waals surface area contributed by atoms with Gasteiger partial charge in [-0.25, -0.2) is 9.48 Å². The van der Waals surface area contributed by atoms with Gasteiger partial charge in [0.25, 0.3) is 0 Å². The fourth-order valence-corrected chi connectivity index (χ4v) is 1.38. The minimum atomic E-state index is -0.0506. The predicted octanol–water partition coefficient (Wildman–Crippen LogP) is 0.362. The largest absolute Gasteiger partial charge is 0.345 e. The highest BCUT2D eigenvalue weighted by Gasteiger charge is 1.99. The van der Waals surface area contributed by atoms with Crippen LogP contribution in [-0.2, 0) is 13.6 Å². The molecule has 1 aromatic heterocycles. The van der Waals surface area contributed by atoms with Crippen molar-refractivity contribution in [1.29, 1.82) is 0 Å². The molecule has 0 fully saturated rings. The van der Waals surface area contributed by atoms with E-state index in [1.807, 2.05) is 0 Å². The van der Waals surface area contributed by atoms with Crippen molar-refractivity contribution in [3.8, 4) is 0 Å². The third-order valence-corrected chi connectivity index (χ3v) is 2.34. The van der Waals surface area contributed by atoms with Gasteiger partial charge in [-0.05, 0) is 13.0 Å². The zero-order valence-electron chi connectivity index (χ0n) is 9.57. The molecule has 0 amide bonds. The topological polar surface area (TPSA) is 51.9 Å². The molecule has 0 bridgehead atoms. The van der Waals surface area contributed by atoms with Crippen molar-refractivity contribution in [1.82, 2.24) is 19.7 Å². The number of hydrogen-bond acceptors (Lipinski definition) is 3. The van der Waals surface area contributed by atoms with Gasteiger partial charge < -0.3 is 5.32 Å². The van der Waals surface area contributed by atoms with Crippen molar-refractivity contribution in [3.63, 3.8) is 0 Å². The van der Waals surface area contributed by atoms with E-state index in [-0.39, 0.29) is 5.69 Å². The summed E-state index contributed by atoms with van der Waals surface area (Å²) in [5, 5.41) is 7.27. The lowest BCUT2D eigenvalue weighted by atomic mass is 10.2. The Kier molecular flexibility index (Phi) is 5.10. The minimum absolute atomic E-state index is 0.0506. The van der Waals surface area contributed by atoms with Crippen molar-refractivity contribution in [3.05, 3.63) is 16.8 Å². The number of nitrogens with one attached hydrogen (secondary N) is 1. The molecular weight excluding hydrogens is 192 g/mol. The zero-order chi connectivity index (χ0) is 11.1. The van der Waals surface area contributed by atoms with E-state index in [4.69, 9.17) is 0 Å². The van der Waals surface area contributed by atoms with Crippen LogP contribution in [0.2, 0.25) is 0 Å². The van der Waals surface area contributed by atoms with Crippen LogP contribution >= 0.6 is 0 Å². The van der Waals surface area contributed by atoms with Gasteiger partial charge in [0.2, 0.25) is 0 Å². The van der Waals surface area contributed by atoms with E-state index in [1.165, 1.54) is 28.5 Å². The zero-order valence-corrected chi connectivity index (χ0v) is 9.57. The quantitative estimate of drug-likeness (QED) is 0.664. The molecule has 0 aliphatic carbocycles. The van der Waals surface area contributed by atoms with E-state index in [2.05, 4.69) is 17.3 Å². The van der Waals surface area contributed by atoms with Crippen molar-refractivity contribution in [2.75, 3.05) is 13.1 Å². The lowest BCUT2D eigenvalue weighted by molar-refractivity contribution is 0.525. The summed E-state index contributed by atoms with van der Waals surface area (Å²) in [4.78, 5) is 11.4. The molecule has 0 aliphatic heterocycles. The molecule has 5 nitrogen and oxygen atoms in total. The molecule has 1 aromatic rings. The lowest BCUT2D eigenvalue weighted by Crippen LogP contribution is -2.29. The fourth-order valence-electron chi connectivity index (χ4n) is 1.38. The van der Waals surface area contributed by atoms with E-state index in [1.54, 1.807) is 13.4 Å². The van der Waals surface area contributed by atoms with Crippen LogP contribution in [0.15, 0.2) is 11.1 Å². The molecule has 0 spiro atoms. The van der Waals surface area contributed by atoms with Gasteiger partial charge in [-0.2, -0.15) is 5.10 Å². The first-order valence-corrected chi connectivity index (χ1v) is 5.55. The van der Waals surface area contributed by atoms with Gasteiger partial charge in [-0.3, -0.25) is 4.57 Å².